The van der Waals surface area contributed by atoms with Crippen LogP contribution in [0.25, 0.3) is 0 Å². The Hall–Kier alpha value is -3.00. The van der Waals surface area contributed by atoms with Gasteiger partial charge in [0.1, 0.15) is 23.2 Å². The fraction of sp³-hybridized carbons (Fsp3) is 0.375. The van der Waals surface area contributed by atoms with Gasteiger partial charge in [-0.3, -0.25) is 14.4 Å². The third kappa shape index (κ3) is 3.83. The Balaban J connectivity index is 1.44. The number of para-hydroxylation sites is 1. The second-order valence-corrected chi connectivity index (χ2v) is 10.3. The molecule has 0 saturated carbocycles. The molecule has 3 atom stereocenters. The van der Waals surface area contributed by atoms with E-state index in [-0.39, 0.29) is 29.6 Å². The number of thioether (sulfide) groups is 1. The smallest absolute Gasteiger partial charge is 0.256 e. The van der Waals surface area contributed by atoms with Crippen molar-refractivity contribution in [1.29, 1.82) is 0 Å². The van der Waals surface area contributed by atoms with Crippen molar-refractivity contribution in [3.05, 3.63) is 65.2 Å². The fourth-order valence-electron chi connectivity index (χ4n) is 4.35. The molecule has 1 fully saturated rings. The molecule has 1 unspecified atom stereocenters. The van der Waals surface area contributed by atoms with Crippen LogP contribution in [0, 0.1) is 0 Å². The summed E-state index contributed by atoms with van der Waals surface area (Å²) in [6, 6.07) is 13.5. The summed E-state index contributed by atoms with van der Waals surface area (Å²) in [4.78, 5) is 40.6. The van der Waals surface area contributed by atoms with Gasteiger partial charge in [0.15, 0.2) is 0 Å². The fourth-order valence-corrected chi connectivity index (χ4v) is 5.94. The standard InChI is InChI=1S/C24H27N3O4S/c1-14(20(28)25-13-15-9-5-8-12-18(15)31-4)26-21(29)19-24(2,3)32-23-17-11-7-6-10-16(17)22(30)27(19)23/h5-12,14,19,23H,13H2,1-4H3,(H,25,28)(H,26,29)/t14-,19+,23?/m0/s1. The molecule has 168 valence electrons. The molecular weight excluding hydrogens is 426 g/mol. The lowest BCUT2D eigenvalue weighted by atomic mass is 10.0. The van der Waals surface area contributed by atoms with Gasteiger partial charge in [-0.1, -0.05) is 36.4 Å². The first kappa shape index (κ1) is 22.2. The van der Waals surface area contributed by atoms with Crippen LogP contribution in [0.1, 0.15) is 47.6 Å². The number of amides is 3. The second kappa shape index (κ2) is 8.50. The van der Waals surface area contributed by atoms with Gasteiger partial charge in [0, 0.05) is 22.4 Å². The molecule has 2 heterocycles. The van der Waals surface area contributed by atoms with E-state index in [9.17, 15) is 14.4 Å². The van der Waals surface area contributed by atoms with Gasteiger partial charge >= 0.3 is 0 Å². The lowest BCUT2D eigenvalue weighted by Crippen LogP contribution is -2.56. The highest BCUT2D eigenvalue weighted by atomic mass is 32.2. The SMILES string of the molecule is COc1ccccc1CNC(=O)[C@H](C)NC(=O)[C@H]1N2C(=O)c3ccccc3C2SC1(C)C. The molecular formula is C24H27N3O4S. The number of fused-ring (bicyclic) bond motifs is 3. The molecule has 2 aliphatic heterocycles. The molecule has 8 heteroatoms. The molecule has 4 rings (SSSR count). The highest BCUT2D eigenvalue weighted by molar-refractivity contribution is 8.01. The van der Waals surface area contributed by atoms with Crippen LogP contribution in [0.5, 0.6) is 5.75 Å². The van der Waals surface area contributed by atoms with Crippen molar-refractivity contribution in [2.75, 3.05) is 7.11 Å². The predicted molar refractivity (Wildman–Crippen MR) is 123 cm³/mol. The minimum atomic E-state index is -0.753. The summed E-state index contributed by atoms with van der Waals surface area (Å²) in [6.45, 7) is 5.85. The monoisotopic (exact) mass is 453 g/mol. The van der Waals surface area contributed by atoms with Crippen molar-refractivity contribution >= 4 is 29.5 Å². The van der Waals surface area contributed by atoms with Crippen molar-refractivity contribution in [3.8, 4) is 5.75 Å². The molecule has 32 heavy (non-hydrogen) atoms. The zero-order chi connectivity index (χ0) is 23.0. The Morgan fingerprint density at radius 1 is 1.16 bits per heavy atom. The molecule has 0 aromatic heterocycles. The molecule has 0 spiro atoms. The molecule has 7 nitrogen and oxygen atoms in total. The van der Waals surface area contributed by atoms with E-state index in [0.29, 0.717) is 11.3 Å². The molecule has 2 aromatic rings. The van der Waals surface area contributed by atoms with E-state index in [1.165, 1.54) is 0 Å². The van der Waals surface area contributed by atoms with Gasteiger partial charge in [0.2, 0.25) is 11.8 Å². The highest BCUT2D eigenvalue weighted by Gasteiger charge is 2.57. The van der Waals surface area contributed by atoms with Crippen LogP contribution in [0.15, 0.2) is 48.5 Å². The molecule has 0 radical (unpaired) electrons. The van der Waals surface area contributed by atoms with Crippen molar-refractivity contribution in [2.24, 2.45) is 0 Å². The first-order valence-corrected chi connectivity index (χ1v) is 11.4. The summed E-state index contributed by atoms with van der Waals surface area (Å²) in [6.07, 6.45) is 0. The summed E-state index contributed by atoms with van der Waals surface area (Å²) in [5, 5.41) is 5.46. The molecule has 0 aliphatic carbocycles. The third-order valence-corrected chi connectivity index (χ3v) is 7.48. The van der Waals surface area contributed by atoms with E-state index in [1.807, 2.05) is 56.3 Å². The number of carbonyl (C=O) groups is 3. The molecule has 2 aromatic carbocycles. The number of hydrogen-bond donors (Lipinski definition) is 2. The van der Waals surface area contributed by atoms with E-state index < -0.39 is 16.8 Å². The zero-order valence-corrected chi connectivity index (χ0v) is 19.4. The summed E-state index contributed by atoms with van der Waals surface area (Å²) < 4.78 is 4.81. The zero-order valence-electron chi connectivity index (χ0n) is 18.5. The number of nitrogens with zero attached hydrogens (tertiary/aromatic N) is 1. The quantitative estimate of drug-likeness (QED) is 0.702. The van der Waals surface area contributed by atoms with Gasteiger partial charge in [-0.15, -0.1) is 11.8 Å². The Kier molecular flexibility index (Phi) is 5.90. The first-order valence-electron chi connectivity index (χ1n) is 10.5. The largest absolute Gasteiger partial charge is 0.496 e. The summed E-state index contributed by atoms with van der Waals surface area (Å²) in [5.41, 5.74) is 2.42. The highest BCUT2D eigenvalue weighted by Crippen LogP contribution is 2.56. The van der Waals surface area contributed by atoms with Crippen molar-refractivity contribution in [2.45, 2.75) is 49.5 Å². The Bertz CT molecular complexity index is 1070. The Morgan fingerprint density at radius 3 is 2.59 bits per heavy atom. The normalized spacial score (nSPS) is 21.5. The summed E-state index contributed by atoms with van der Waals surface area (Å²) in [5.74, 6) is -0.0872. The van der Waals surface area contributed by atoms with Gasteiger partial charge in [-0.25, -0.2) is 0 Å². The maximum absolute atomic E-state index is 13.3. The van der Waals surface area contributed by atoms with E-state index >= 15 is 0 Å². The van der Waals surface area contributed by atoms with E-state index in [2.05, 4.69) is 10.6 Å². The number of rotatable bonds is 6. The number of ether oxygens (including phenoxy) is 1. The minimum Gasteiger partial charge on any atom is -0.496 e. The average molecular weight is 454 g/mol. The van der Waals surface area contributed by atoms with Crippen LogP contribution in [0.3, 0.4) is 0 Å². The van der Waals surface area contributed by atoms with Crippen LogP contribution in [0.4, 0.5) is 0 Å². The number of hydrogen-bond acceptors (Lipinski definition) is 5. The van der Waals surface area contributed by atoms with Crippen LogP contribution in [0.2, 0.25) is 0 Å². The Morgan fingerprint density at radius 2 is 1.84 bits per heavy atom. The van der Waals surface area contributed by atoms with Gasteiger partial charge in [-0.05, 0) is 38.5 Å². The first-order chi connectivity index (χ1) is 15.2. The van der Waals surface area contributed by atoms with E-state index in [1.54, 1.807) is 36.8 Å². The average Bonchev–Trinajstić information content (AvgIpc) is 3.21. The maximum Gasteiger partial charge on any atom is 0.256 e. The van der Waals surface area contributed by atoms with Crippen molar-refractivity contribution in [3.63, 3.8) is 0 Å². The third-order valence-electron chi connectivity index (χ3n) is 5.94. The maximum atomic E-state index is 13.3. The molecule has 1 saturated heterocycles. The molecule has 2 N–H and O–H groups in total. The molecule has 0 bridgehead atoms. The van der Waals surface area contributed by atoms with Gasteiger partial charge in [0.25, 0.3) is 5.91 Å². The Labute approximate surface area is 191 Å². The number of carbonyl (C=O) groups excluding carboxylic acids is 3. The van der Waals surface area contributed by atoms with Crippen molar-refractivity contribution < 1.29 is 19.1 Å². The van der Waals surface area contributed by atoms with E-state index in [4.69, 9.17) is 4.74 Å². The lowest BCUT2D eigenvalue weighted by Gasteiger charge is -2.30. The van der Waals surface area contributed by atoms with Crippen LogP contribution < -0.4 is 15.4 Å². The number of nitrogens with one attached hydrogen (secondary N) is 2. The molecule has 3 amide bonds. The molecule has 2 aliphatic rings. The van der Waals surface area contributed by atoms with Crippen LogP contribution in [-0.2, 0) is 16.1 Å². The lowest BCUT2D eigenvalue weighted by molar-refractivity contribution is -0.131. The van der Waals surface area contributed by atoms with Crippen LogP contribution in [-0.4, -0.2) is 46.6 Å². The number of methoxy groups -OCH3 is 1. The summed E-state index contributed by atoms with van der Waals surface area (Å²) >= 11 is 1.60. The topological polar surface area (TPSA) is 87.7 Å². The van der Waals surface area contributed by atoms with Gasteiger partial charge in [-0.2, -0.15) is 0 Å². The van der Waals surface area contributed by atoms with Gasteiger partial charge < -0.3 is 20.3 Å². The van der Waals surface area contributed by atoms with Crippen molar-refractivity contribution in [1.82, 2.24) is 15.5 Å². The predicted octanol–water partition coefficient (Wildman–Crippen LogP) is 2.86. The van der Waals surface area contributed by atoms with Gasteiger partial charge in [0.05, 0.1) is 7.11 Å². The van der Waals surface area contributed by atoms with Crippen LogP contribution >= 0.6 is 11.8 Å². The van der Waals surface area contributed by atoms with E-state index in [0.717, 1.165) is 11.1 Å². The minimum absolute atomic E-state index is 0.142. The summed E-state index contributed by atoms with van der Waals surface area (Å²) in [7, 11) is 1.58. The number of benzene rings is 2. The second-order valence-electron chi connectivity index (χ2n) is 8.54.